The Morgan fingerprint density at radius 1 is 1.56 bits per heavy atom. The number of hydrogen-bond donors (Lipinski definition) is 2. The zero-order valence-electron chi connectivity index (χ0n) is 11.3. The third kappa shape index (κ3) is 3.28. The van der Waals surface area contributed by atoms with Crippen LogP contribution in [0.2, 0.25) is 0 Å². The van der Waals surface area contributed by atoms with Gasteiger partial charge < -0.3 is 11.1 Å². The Balaban J connectivity index is 2.01. The van der Waals surface area contributed by atoms with Crippen molar-refractivity contribution in [3.63, 3.8) is 0 Å². The predicted octanol–water partition coefficient (Wildman–Crippen LogP) is -0.333. The summed E-state index contributed by atoms with van der Waals surface area (Å²) in [4.78, 5) is 6.78. The molecule has 1 saturated heterocycles. The molecule has 1 aliphatic rings. The maximum atomic E-state index is 5.82. The minimum atomic E-state index is 0.406. The number of nitrogens with zero attached hydrogens (tertiary/aromatic N) is 4. The Labute approximate surface area is 109 Å². The molecule has 1 aromatic heterocycles. The van der Waals surface area contributed by atoms with Gasteiger partial charge in [0.1, 0.15) is 12.2 Å². The van der Waals surface area contributed by atoms with Crippen LogP contribution in [0.5, 0.6) is 0 Å². The van der Waals surface area contributed by atoms with Crippen molar-refractivity contribution in [2.45, 2.75) is 33.0 Å². The van der Waals surface area contributed by atoms with Gasteiger partial charge in [0, 0.05) is 38.8 Å². The normalized spacial score (nSPS) is 21.7. The second kappa shape index (κ2) is 6.26. The summed E-state index contributed by atoms with van der Waals surface area (Å²) in [5, 5.41) is 7.68. The lowest BCUT2D eigenvalue weighted by atomic mass is 10.2. The average molecular weight is 252 g/mol. The van der Waals surface area contributed by atoms with Crippen molar-refractivity contribution >= 4 is 0 Å². The fraction of sp³-hybridized carbons (Fsp3) is 0.833. The SMILES string of the molecule is CC(C)Cn1ncnc1CN1CCNCC1CN. The molecular weight excluding hydrogens is 228 g/mol. The van der Waals surface area contributed by atoms with Gasteiger partial charge in [-0.1, -0.05) is 13.8 Å². The third-order valence-electron chi connectivity index (χ3n) is 3.32. The number of nitrogens with one attached hydrogen (secondary N) is 1. The van der Waals surface area contributed by atoms with Crippen LogP contribution >= 0.6 is 0 Å². The molecule has 3 N–H and O–H groups in total. The number of nitrogens with two attached hydrogens (primary N) is 1. The Morgan fingerprint density at radius 3 is 3.11 bits per heavy atom. The number of rotatable bonds is 5. The number of hydrogen-bond acceptors (Lipinski definition) is 5. The van der Waals surface area contributed by atoms with Crippen LogP contribution in [0.3, 0.4) is 0 Å². The third-order valence-corrected chi connectivity index (χ3v) is 3.32. The van der Waals surface area contributed by atoms with E-state index in [1.54, 1.807) is 6.33 Å². The van der Waals surface area contributed by atoms with Crippen LogP contribution < -0.4 is 11.1 Å². The molecule has 0 saturated carbocycles. The highest BCUT2D eigenvalue weighted by Gasteiger charge is 2.22. The van der Waals surface area contributed by atoms with Gasteiger partial charge in [-0.25, -0.2) is 9.67 Å². The Kier molecular flexibility index (Phi) is 4.68. The molecule has 0 radical (unpaired) electrons. The van der Waals surface area contributed by atoms with E-state index in [4.69, 9.17) is 5.73 Å². The smallest absolute Gasteiger partial charge is 0.141 e. The van der Waals surface area contributed by atoms with Crippen molar-refractivity contribution in [2.75, 3.05) is 26.2 Å². The molecule has 102 valence electrons. The molecule has 1 fully saturated rings. The summed E-state index contributed by atoms with van der Waals surface area (Å²) in [6.45, 7) is 9.86. The van der Waals surface area contributed by atoms with E-state index in [9.17, 15) is 0 Å². The molecule has 0 aliphatic carbocycles. The molecular formula is C12H24N6. The molecule has 1 unspecified atom stereocenters. The van der Waals surface area contributed by atoms with Gasteiger partial charge in [-0.05, 0) is 5.92 Å². The highest BCUT2D eigenvalue weighted by molar-refractivity contribution is 4.89. The van der Waals surface area contributed by atoms with Crippen LogP contribution in [-0.2, 0) is 13.1 Å². The second-order valence-corrected chi connectivity index (χ2v) is 5.32. The van der Waals surface area contributed by atoms with E-state index in [1.165, 1.54) is 0 Å². The number of aromatic nitrogens is 3. The van der Waals surface area contributed by atoms with Gasteiger partial charge in [-0.2, -0.15) is 5.10 Å². The van der Waals surface area contributed by atoms with Gasteiger partial charge >= 0.3 is 0 Å². The maximum absolute atomic E-state index is 5.82. The van der Waals surface area contributed by atoms with E-state index in [-0.39, 0.29) is 0 Å². The van der Waals surface area contributed by atoms with E-state index < -0.39 is 0 Å². The monoisotopic (exact) mass is 252 g/mol. The highest BCUT2D eigenvalue weighted by atomic mass is 15.4. The van der Waals surface area contributed by atoms with Gasteiger partial charge in [-0.3, -0.25) is 4.90 Å². The van der Waals surface area contributed by atoms with E-state index in [2.05, 4.69) is 34.1 Å². The van der Waals surface area contributed by atoms with Crippen LogP contribution in [0, 0.1) is 5.92 Å². The Hall–Kier alpha value is -0.980. The Bertz CT molecular complexity index is 361. The first-order valence-electron chi connectivity index (χ1n) is 6.72. The van der Waals surface area contributed by atoms with Gasteiger partial charge in [-0.15, -0.1) is 0 Å². The van der Waals surface area contributed by atoms with Crippen molar-refractivity contribution < 1.29 is 0 Å². The summed E-state index contributed by atoms with van der Waals surface area (Å²) in [5.74, 6) is 1.63. The lowest BCUT2D eigenvalue weighted by Gasteiger charge is -2.35. The number of piperazine rings is 1. The quantitative estimate of drug-likeness (QED) is 0.750. The maximum Gasteiger partial charge on any atom is 0.141 e. The molecule has 18 heavy (non-hydrogen) atoms. The van der Waals surface area contributed by atoms with Crippen LogP contribution in [0.4, 0.5) is 0 Å². The second-order valence-electron chi connectivity index (χ2n) is 5.32. The predicted molar refractivity (Wildman–Crippen MR) is 71.0 cm³/mol. The summed E-state index contributed by atoms with van der Waals surface area (Å²) >= 11 is 0. The Morgan fingerprint density at radius 2 is 2.39 bits per heavy atom. The van der Waals surface area contributed by atoms with Crippen molar-refractivity contribution in [1.82, 2.24) is 25.0 Å². The fourth-order valence-electron chi connectivity index (χ4n) is 2.33. The summed E-state index contributed by atoms with van der Waals surface area (Å²) in [7, 11) is 0. The summed E-state index contributed by atoms with van der Waals surface area (Å²) in [6.07, 6.45) is 1.65. The zero-order chi connectivity index (χ0) is 13.0. The minimum absolute atomic E-state index is 0.406. The van der Waals surface area contributed by atoms with E-state index in [1.807, 2.05) is 4.68 Å². The van der Waals surface area contributed by atoms with Crippen molar-refractivity contribution in [3.05, 3.63) is 12.2 Å². The molecule has 6 nitrogen and oxygen atoms in total. The van der Waals surface area contributed by atoms with Gasteiger partial charge in [0.15, 0.2) is 0 Å². The van der Waals surface area contributed by atoms with Gasteiger partial charge in [0.25, 0.3) is 0 Å². The van der Waals surface area contributed by atoms with Crippen LogP contribution in [0.25, 0.3) is 0 Å². The molecule has 1 aromatic rings. The molecule has 1 atom stereocenters. The zero-order valence-corrected chi connectivity index (χ0v) is 11.3. The fourth-order valence-corrected chi connectivity index (χ4v) is 2.33. The van der Waals surface area contributed by atoms with Crippen LogP contribution in [0.1, 0.15) is 19.7 Å². The molecule has 0 amide bonds. The topological polar surface area (TPSA) is 72.0 Å². The summed E-state index contributed by atoms with van der Waals surface area (Å²) < 4.78 is 2.01. The van der Waals surface area contributed by atoms with Crippen LogP contribution in [0.15, 0.2) is 6.33 Å². The first kappa shape index (κ1) is 13.5. The molecule has 0 bridgehead atoms. The molecule has 6 heteroatoms. The van der Waals surface area contributed by atoms with Crippen molar-refractivity contribution in [1.29, 1.82) is 0 Å². The largest absolute Gasteiger partial charge is 0.329 e. The molecule has 0 aromatic carbocycles. The standard InChI is InChI=1S/C12H24N6/c1-10(2)7-18-12(15-9-16-18)8-17-4-3-14-6-11(17)5-13/h9-11,14H,3-8,13H2,1-2H3. The lowest BCUT2D eigenvalue weighted by Crippen LogP contribution is -2.54. The van der Waals surface area contributed by atoms with E-state index >= 15 is 0 Å². The van der Waals surface area contributed by atoms with Crippen molar-refractivity contribution in [3.8, 4) is 0 Å². The highest BCUT2D eigenvalue weighted by Crippen LogP contribution is 2.09. The summed E-state index contributed by atoms with van der Waals surface area (Å²) in [5.41, 5.74) is 5.82. The van der Waals surface area contributed by atoms with Crippen molar-refractivity contribution in [2.24, 2.45) is 11.7 Å². The molecule has 0 spiro atoms. The van der Waals surface area contributed by atoms with Gasteiger partial charge in [0.2, 0.25) is 0 Å². The molecule has 1 aliphatic heterocycles. The van der Waals surface area contributed by atoms with Crippen LogP contribution in [-0.4, -0.2) is 51.9 Å². The van der Waals surface area contributed by atoms with E-state index in [0.717, 1.165) is 38.5 Å². The first-order chi connectivity index (χ1) is 8.70. The molecule has 2 heterocycles. The molecule has 2 rings (SSSR count). The van der Waals surface area contributed by atoms with Gasteiger partial charge in [0.05, 0.1) is 6.54 Å². The lowest BCUT2D eigenvalue weighted by molar-refractivity contribution is 0.151. The average Bonchev–Trinajstić information content (AvgIpc) is 2.76. The summed E-state index contributed by atoms with van der Waals surface area (Å²) in [6, 6.07) is 0.406. The minimum Gasteiger partial charge on any atom is -0.329 e. The van der Waals surface area contributed by atoms with E-state index in [0.29, 0.717) is 18.5 Å². The first-order valence-corrected chi connectivity index (χ1v) is 6.72.